The summed E-state index contributed by atoms with van der Waals surface area (Å²) in [5.41, 5.74) is 0.915. The molecule has 0 aromatic heterocycles. The summed E-state index contributed by atoms with van der Waals surface area (Å²) in [6.45, 7) is 2.15. The van der Waals surface area contributed by atoms with Gasteiger partial charge in [0.1, 0.15) is 0 Å². The first-order valence-corrected chi connectivity index (χ1v) is 5.85. The van der Waals surface area contributed by atoms with Gasteiger partial charge in [-0.25, -0.2) is 4.79 Å². The van der Waals surface area contributed by atoms with E-state index in [9.17, 15) is 4.79 Å². The zero-order chi connectivity index (χ0) is 11.1. The molecule has 1 aromatic rings. The molecule has 0 saturated carbocycles. The summed E-state index contributed by atoms with van der Waals surface area (Å²) >= 11 is 1.81. The number of aliphatic carboxylic acids is 1. The van der Waals surface area contributed by atoms with Crippen molar-refractivity contribution in [2.45, 2.75) is 18.2 Å². The molecule has 0 spiro atoms. The normalized spacial score (nSPS) is 10.7. The van der Waals surface area contributed by atoms with Crippen LogP contribution in [0.1, 0.15) is 18.9 Å². The van der Waals surface area contributed by atoms with E-state index in [4.69, 9.17) is 5.11 Å². The van der Waals surface area contributed by atoms with E-state index < -0.39 is 5.97 Å². The summed E-state index contributed by atoms with van der Waals surface area (Å²) in [5.74, 6) is 0.198. The van der Waals surface area contributed by atoms with Crippen molar-refractivity contribution in [1.29, 1.82) is 0 Å². The van der Waals surface area contributed by atoms with Crippen LogP contribution >= 0.6 is 11.8 Å². The second-order valence-corrected chi connectivity index (χ2v) is 4.26. The van der Waals surface area contributed by atoms with Crippen LogP contribution in [0.5, 0.6) is 0 Å². The molecule has 0 aliphatic carbocycles. The number of thioether (sulfide) groups is 1. The highest BCUT2D eigenvalue weighted by atomic mass is 32.2. The lowest BCUT2D eigenvalue weighted by Gasteiger charge is -1.99. The van der Waals surface area contributed by atoms with Crippen LogP contribution in [-0.4, -0.2) is 16.8 Å². The van der Waals surface area contributed by atoms with Gasteiger partial charge in [0, 0.05) is 11.0 Å². The molecule has 0 unspecified atom stereocenters. The van der Waals surface area contributed by atoms with Gasteiger partial charge in [0.05, 0.1) is 0 Å². The molecule has 1 N–H and O–H groups in total. The van der Waals surface area contributed by atoms with Crippen molar-refractivity contribution in [1.82, 2.24) is 0 Å². The number of rotatable bonds is 5. The highest BCUT2D eigenvalue weighted by Gasteiger charge is 1.93. The van der Waals surface area contributed by atoms with E-state index in [0.29, 0.717) is 0 Å². The van der Waals surface area contributed by atoms with Gasteiger partial charge >= 0.3 is 5.97 Å². The second-order valence-electron chi connectivity index (χ2n) is 3.09. The van der Waals surface area contributed by atoms with Crippen molar-refractivity contribution in [2.24, 2.45) is 0 Å². The first-order valence-electron chi connectivity index (χ1n) is 4.86. The van der Waals surface area contributed by atoms with Crippen LogP contribution in [0.2, 0.25) is 0 Å². The average Bonchev–Trinajstić information content (AvgIpc) is 2.25. The molecule has 0 radical (unpaired) electrons. The Bertz CT molecular complexity index is 341. The standard InChI is InChI=1S/C12H14O2S/c1-2-9-15-11-6-3-10(4-7-11)5-8-12(13)14/h3-8H,2,9H2,1H3,(H,13,14)/b8-5+. The van der Waals surface area contributed by atoms with Crippen molar-refractivity contribution < 1.29 is 9.90 Å². The van der Waals surface area contributed by atoms with E-state index in [1.54, 1.807) is 6.08 Å². The summed E-state index contributed by atoms with van der Waals surface area (Å²) < 4.78 is 0. The Morgan fingerprint density at radius 1 is 1.40 bits per heavy atom. The third-order valence-electron chi connectivity index (χ3n) is 1.77. The Morgan fingerprint density at radius 3 is 2.60 bits per heavy atom. The largest absolute Gasteiger partial charge is 0.478 e. The summed E-state index contributed by atoms with van der Waals surface area (Å²) in [6.07, 6.45) is 3.90. The van der Waals surface area contributed by atoms with Crippen molar-refractivity contribution in [2.75, 3.05) is 5.75 Å². The van der Waals surface area contributed by atoms with Crippen molar-refractivity contribution in [3.63, 3.8) is 0 Å². The van der Waals surface area contributed by atoms with Crippen LogP contribution in [-0.2, 0) is 4.79 Å². The van der Waals surface area contributed by atoms with Gasteiger partial charge in [-0.3, -0.25) is 0 Å². The van der Waals surface area contributed by atoms with E-state index >= 15 is 0 Å². The minimum absolute atomic E-state index is 0.915. The topological polar surface area (TPSA) is 37.3 Å². The number of carboxylic acid groups (broad SMARTS) is 1. The van der Waals surface area contributed by atoms with Crippen molar-refractivity contribution in [3.8, 4) is 0 Å². The molecule has 0 saturated heterocycles. The molecule has 3 heteroatoms. The number of carboxylic acids is 1. The van der Waals surface area contributed by atoms with Crippen LogP contribution in [0.3, 0.4) is 0 Å². The monoisotopic (exact) mass is 222 g/mol. The van der Waals surface area contributed by atoms with Crippen LogP contribution in [0.4, 0.5) is 0 Å². The fourth-order valence-corrected chi connectivity index (χ4v) is 1.83. The van der Waals surface area contributed by atoms with E-state index in [-0.39, 0.29) is 0 Å². The fourth-order valence-electron chi connectivity index (χ4n) is 1.06. The zero-order valence-corrected chi connectivity index (χ0v) is 9.46. The Labute approximate surface area is 94.0 Å². The maximum absolute atomic E-state index is 10.3. The van der Waals surface area contributed by atoms with Gasteiger partial charge in [0.15, 0.2) is 0 Å². The van der Waals surface area contributed by atoms with E-state index in [1.807, 2.05) is 36.0 Å². The van der Waals surface area contributed by atoms with Gasteiger partial charge < -0.3 is 5.11 Å². The third kappa shape index (κ3) is 4.70. The number of benzene rings is 1. The SMILES string of the molecule is CCCSc1ccc(/C=C/C(=O)O)cc1. The summed E-state index contributed by atoms with van der Waals surface area (Å²) in [7, 11) is 0. The fraction of sp³-hybridized carbons (Fsp3) is 0.250. The van der Waals surface area contributed by atoms with Gasteiger partial charge in [0.2, 0.25) is 0 Å². The molecule has 0 fully saturated rings. The quantitative estimate of drug-likeness (QED) is 0.613. The molecular formula is C12H14O2S. The smallest absolute Gasteiger partial charge is 0.328 e. The molecule has 15 heavy (non-hydrogen) atoms. The predicted molar refractivity (Wildman–Crippen MR) is 64.1 cm³/mol. The van der Waals surface area contributed by atoms with E-state index in [0.717, 1.165) is 23.8 Å². The Balaban J connectivity index is 2.60. The number of hydrogen-bond acceptors (Lipinski definition) is 2. The lowest BCUT2D eigenvalue weighted by molar-refractivity contribution is -0.131. The first-order chi connectivity index (χ1) is 7.22. The Hall–Kier alpha value is -1.22. The molecule has 2 nitrogen and oxygen atoms in total. The summed E-state index contributed by atoms with van der Waals surface area (Å²) in [6, 6.07) is 7.89. The van der Waals surface area contributed by atoms with Gasteiger partial charge in [-0.05, 0) is 35.9 Å². The molecular weight excluding hydrogens is 208 g/mol. The van der Waals surface area contributed by atoms with Gasteiger partial charge in [-0.1, -0.05) is 19.1 Å². The minimum Gasteiger partial charge on any atom is -0.478 e. The number of carbonyl (C=O) groups is 1. The highest BCUT2D eigenvalue weighted by molar-refractivity contribution is 7.99. The minimum atomic E-state index is -0.917. The Kier molecular flexibility index (Phi) is 4.98. The molecule has 1 aromatic carbocycles. The molecule has 0 bridgehead atoms. The van der Waals surface area contributed by atoms with Crippen molar-refractivity contribution >= 4 is 23.8 Å². The molecule has 0 atom stereocenters. The van der Waals surface area contributed by atoms with Crippen LogP contribution in [0.25, 0.3) is 6.08 Å². The molecule has 80 valence electrons. The van der Waals surface area contributed by atoms with E-state index in [2.05, 4.69) is 6.92 Å². The predicted octanol–water partition coefficient (Wildman–Crippen LogP) is 3.29. The van der Waals surface area contributed by atoms with Crippen molar-refractivity contribution in [3.05, 3.63) is 35.9 Å². The lowest BCUT2D eigenvalue weighted by Crippen LogP contribution is -1.85. The Morgan fingerprint density at radius 2 is 2.07 bits per heavy atom. The van der Waals surface area contributed by atoms with E-state index in [1.165, 1.54) is 4.90 Å². The summed E-state index contributed by atoms with van der Waals surface area (Å²) in [5, 5.41) is 8.45. The zero-order valence-electron chi connectivity index (χ0n) is 8.64. The first kappa shape index (κ1) is 11.9. The van der Waals surface area contributed by atoms with Gasteiger partial charge in [0.25, 0.3) is 0 Å². The maximum atomic E-state index is 10.3. The third-order valence-corrected chi connectivity index (χ3v) is 2.99. The molecule has 0 amide bonds. The van der Waals surface area contributed by atoms with Crippen LogP contribution in [0, 0.1) is 0 Å². The lowest BCUT2D eigenvalue weighted by atomic mass is 10.2. The maximum Gasteiger partial charge on any atom is 0.328 e. The molecule has 0 aliphatic heterocycles. The number of hydrogen-bond donors (Lipinski definition) is 1. The average molecular weight is 222 g/mol. The highest BCUT2D eigenvalue weighted by Crippen LogP contribution is 2.19. The molecule has 0 heterocycles. The van der Waals surface area contributed by atoms with Gasteiger partial charge in [-0.2, -0.15) is 0 Å². The van der Waals surface area contributed by atoms with Crippen LogP contribution in [0.15, 0.2) is 35.2 Å². The van der Waals surface area contributed by atoms with Gasteiger partial charge in [-0.15, -0.1) is 11.8 Å². The summed E-state index contributed by atoms with van der Waals surface area (Å²) in [4.78, 5) is 11.5. The molecule has 0 aliphatic rings. The van der Waals surface area contributed by atoms with Crippen LogP contribution < -0.4 is 0 Å². The second kappa shape index (κ2) is 6.30. The molecule has 1 rings (SSSR count).